The van der Waals surface area contributed by atoms with Gasteiger partial charge in [-0.3, -0.25) is 14.9 Å². The number of carbonyl (C=O) groups is 1. The fourth-order valence-electron chi connectivity index (χ4n) is 7.47. The van der Waals surface area contributed by atoms with Crippen molar-refractivity contribution in [3.8, 4) is 0 Å². The van der Waals surface area contributed by atoms with Crippen LogP contribution in [0.15, 0.2) is 29.4 Å². The molecule has 7 nitrogen and oxygen atoms in total. The zero-order chi connectivity index (χ0) is 20.5. The molecule has 7 rings (SSSR count). The quantitative estimate of drug-likeness (QED) is 0.549. The van der Waals surface area contributed by atoms with E-state index in [1.165, 1.54) is 56.4 Å². The molecule has 0 spiro atoms. The van der Waals surface area contributed by atoms with Gasteiger partial charge in [0.15, 0.2) is 0 Å². The van der Waals surface area contributed by atoms with Crippen LogP contribution in [0.5, 0.6) is 0 Å². The third-order valence-electron chi connectivity index (χ3n) is 8.33. The average molecular weight is 409 g/mol. The smallest absolute Gasteiger partial charge is 0.269 e. The number of hydrogen-bond acceptors (Lipinski definition) is 5. The van der Waals surface area contributed by atoms with Gasteiger partial charge in [0, 0.05) is 42.6 Å². The van der Waals surface area contributed by atoms with Gasteiger partial charge in [0.1, 0.15) is 6.17 Å². The van der Waals surface area contributed by atoms with Crippen LogP contribution in [0.3, 0.4) is 0 Å². The minimum Gasteiger partial charge on any atom is -0.320 e. The Balaban J connectivity index is 1.36. The molecular weight excluding hydrogens is 380 g/mol. The van der Waals surface area contributed by atoms with E-state index in [0.29, 0.717) is 6.42 Å². The number of nitrogens with zero attached hydrogens (tertiary/aromatic N) is 4. The molecule has 0 radical (unpaired) electrons. The first-order valence-electron chi connectivity index (χ1n) is 11.4. The van der Waals surface area contributed by atoms with Crippen LogP contribution < -0.4 is 5.01 Å². The maximum absolute atomic E-state index is 12.6. The van der Waals surface area contributed by atoms with Gasteiger partial charge in [0.05, 0.1) is 10.6 Å². The second-order valence-electron chi connectivity index (χ2n) is 10.2. The van der Waals surface area contributed by atoms with E-state index < -0.39 is 0 Å². The number of likely N-dealkylation sites (tertiary alicyclic amines) is 1. The largest absolute Gasteiger partial charge is 0.320 e. The van der Waals surface area contributed by atoms with Crippen LogP contribution in [0.25, 0.3) is 0 Å². The van der Waals surface area contributed by atoms with Gasteiger partial charge in [0.25, 0.3) is 5.69 Å². The average Bonchev–Trinajstić information content (AvgIpc) is 3.33. The molecule has 4 bridgehead atoms. The molecule has 7 heteroatoms. The molecule has 2 heterocycles. The first kappa shape index (κ1) is 18.3. The molecule has 1 amide bonds. The molecule has 1 saturated heterocycles. The number of nitro groups is 1. The summed E-state index contributed by atoms with van der Waals surface area (Å²) in [5.41, 5.74) is 2.41. The Kier molecular flexibility index (Phi) is 3.99. The van der Waals surface area contributed by atoms with E-state index in [1.807, 2.05) is 9.91 Å². The normalized spacial score (nSPS) is 37.2. The molecule has 0 aromatic heterocycles. The Labute approximate surface area is 176 Å². The molecule has 1 unspecified atom stereocenters. The molecule has 1 aromatic rings. The number of nitro benzene ring substituents is 1. The SMILES string of the molecule is O=C1CCCN1C1CC(C23CC4CC(CC(C4)C2)C3)=NN1c1ccc([N+](=O)[O-])cc1. The van der Waals surface area contributed by atoms with Crippen molar-refractivity contribution in [3.05, 3.63) is 34.4 Å². The lowest BCUT2D eigenvalue weighted by molar-refractivity contribution is -0.384. The van der Waals surface area contributed by atoms with Crippen molar-refractivity contribution >= 4 is 23.0 Å². The van der Waals surface area contributed by atoms with E-state index in [2.05, 4.69) is 0 Å². The molecule has 6 aliphatic rings. The predicted octanol–water partition coefficient (Wildman–Crippen LogP) is 4.33. The second kappa shape index (κ2) is 6.53. The summed E-state index contributed by atoms with van der Waals surface area (Å²) in [6.07, 6.45) is 10.2. The van der Waals surface area contributed by atoms with Gasteiger partial charge < -0.3 is 4.90 Å². The van der Waals surface area contributed by atoms with Crippen LogP contribution in [0.4, 0.5) is 11.4 Å². The number of anilines is 1. The lowest BCUT2D eigenvalue weighted by atomic mass is 9.48. The Morgan fingerprint density at radius 3 is 2.20 bits per heavy atom. The molecule has 5 fully saturated rings. The van der Waals surface area contributed by atoms with E-state index in [1.54, 1.807) is 12.1 Å². The van der Waals surface area contributed by atoms with E-state index in [-0.39, 0.29) is 28.1 Å². The summed E-state index contributed by atoms with van der Waals surface area (Å²) >= 11 is 0. The minimum absolute atomic E-state index is 0.0806. The molecule has 0 N–H and O–H groups in total. The number of carbonyl (C=O) groups excluding carboxylic acids is 1. The van der Waals surface area contributed by atoms with Crippen LogP contribution in [-0.4, -0.2) is 34.2 Å². The molecule has 4 saturated carbocycles. The van der Waals surface area contributed by atoms with Gasteiger partial charge >= 0.3 is 0 Å². The minimum atomic E-state index is -0.376. The Morgan fingerprint density at radius 1 is 1.03 bits per heavy atom. The Hall–Kier alpha value is -2.44. The summed E-state index contributed by atoms with van der Waals surface area (Å²) < 4.78 is 0. The molecule has 1 atom stereocenters. The van der Waals surface area contributed by atoms with Crippen molar-refractivity contribution in [2.75, 3.05) is 11.6 Å². The summed E-state index contributed by atoms with van der Waals surface area (Å²) in [6, 6.07) is 6.63. The van der Waals surface area contributed by atoms with Crippen LogP contribution in [0.1, 0.15) is 57.8 Å². The highest BCUT2D eigenvalue weighted by molar-refractivity contribution is 5.95. The molecule has 4 aliphatic carbocycles. The maximum atomic E-state index is 12.6. The van der Waals surface area contributed by atoms with Gasteiger partial charge in [-0.25, -0.2) is 5.01 Å². The molecule has 2 aliphatic heterocycles. The number of amides is 1. The first-order chi connectivity index (χ1) is 14.5. The van der Waals surface area contributed by atoms with Crippen molar-refractivity contribution in [1.82, 2.24) is 4.90 Å². The van der Waals surface area contributed by atoms with E-state index >= 15 is 0 Å². The molecule has 1 aromatic carbocycles. The second-order valence-corrected chi connectivity index (χ2v) is 10.2. The first-order valence-corrected chi connectivity index (χ1v) is 11.4. The highest BCUT2D eigenvalue weighted by Crippen LogP contribution is 2.61. The third kappa shape index (κ3) is 2.77. The van der Waals surface area contributed by atoms with Crippen LogP contribution in [0, 0.1) is 33.3 Å². The number of hydrazone groups is 1. The van der Waals surface area contributed by atoms with Gasteiger partial charge in [-0.1, -0.05) is 0 Å². The number of non-ortho nitro benzene ring substituents is 1. The lowest BCUT2D eigenvalue weighted by Crippen LogP contribution is -2.50. The highest BCUT2D eigenvalue weighted by atomic mass is 16.6. The van der Waals surface area contributed by atoms with Gasteiger partial charge in [-0.15, -0.1) is 0 Å². The summed E-state index contributed by atoms with van der Waals surface area (Å²) in [4.78, 5) is 25.3. The summed E-state index contributed by atoms with van der Waals surface area (Å²) in [5.74, 6) is 2.74. The summed E-state index contributed by atoms with van der Waals surface area (Å²) in [5, 5.41) is 18.2. The van der Waals surface area contributed by atoms with Crippen molar-refractivity contribution in [2.24, 2.45) is 28.3 Å². The predicted molar refractivity (Wildman–Crippen MR) is 113 cm³/mol. The molecule has 30 heavy (non-hydrogen) atoms. The number of benzene rings is 1. The van der Waals surface area contributed by atoms with Gasteiger partial charge in [0.2, 0.25) is 5.91 Å². The molecular formula is C23H28N4O3. The van der Waals surface area contributed by atoms with Crippen LogP contribution in [-0.2, 0) is 4.79 Å². The topological polar surface area (TPSA) is 79.0 Å². The van der Waals surface area contributed by atoms with E-state index in [4.69, 9.17) is 5.10 Å². The Bertz CT molecular complexity index is 890. The maximum Gasteiger partial charge on any atom is 0.269 e. The van der Waals surface area contributed by atoms with Crippen LogP contribution >= 0.6 is 0 Å². The van der Waals surface area contributed by atoms with Crippen LogP contribution in [0.2, 0.25) is 0 Å². The summed E-state index contributed by atoms with van der Waals surface area (Å²) in [7, 11) is 0. The van der Waals surface area contributed by atoms with Crippen molar-refractivity contribution in [2.45, 2.75) is 64.0 Å². The fraction of sp³-hybridized carbons (Fsp3) is 0.652. The van der Waals surface area contributed by atoms with Crippen molar-refractivity contribution < 1.29 is 9.72 Å². The van der Waals surface area contributed by atoms with Crippen molar-refractivity contribution in [3.63, 3.8) is 0 Å². The zero-order valence-electron chi connectivity index (χ0n) is 17.2. The standard InChI is InChI=1S/C23H28N4O3/c28-22-2-1-7-25(22)21-11-20(23-12-15-8-16(13-23)10-17(9-15)14-23)24-26(21)18-3-5-19(6-4-18)27(29)30/h3-6,15-17,21H,1-2,7-14H2. The molecule has 158 valence electrons. The zero-order valence-corrected chi connectivity index (χ0v) is 17.2. The third-order valence-corrected chi connectivity index (χ3v) is 8.33. The van der Waals surface area contributed by atoms with Gasteiger partial charge in [-0.05, 0) is 74.8 Å². The number of rotatable bonds is 4. The number of hydrogen-bond donors (Lipinski definition) is 0. The monoisotopic (exact) mass is 408 g/mol. The van der Waals surface area contributed by atoms with Gasteiger partial charge in [-0.2, -0.15) is 5.10 Å². The fourth-order valence-corrected chi connectivity index (χ4v) is 7.47. The van der Waals surface area contributed by atoms with E-state index in [0.717, 1.165) is 42.8 Å². The highest BCUT2D eigenvalue weighted by Gasteiger charge is 2.55. The van der Waals surface area contributed by atoms with E-state index in [9.17, 15) is 14.9 Å². The van der Waals surface area contributed by atoms with Crippen molar-refractivity contribution in [1.29, 1.82) is 0 Å². The lowest BCUT2D eigenvalue weighted by Gasteiger charge is -2.56. The Morgan fingerprint density at radius 2 is 1.67 bits per heavy atom. The summed E-state index contributed by atoms with van der Waals surface area (Å²) in [6.45, 7) is 0.774.